The van der Waals surface area contributed by atoms with Crippen LogP contribution >= 0.6 is 0 Å². The number of hydrogen-bond acceptors (Lipinski definition) is 5. The first-order chi connectivity index (χ1) is 18.6. The van der Waals surface area contributed by atoms with Crippen molar-refractivity contribution in [2.24, 2.45) is 0 Å². The molecule has 5 rings (SSSR count). The van der Waals surface area contributed by atoms with Crippen molar-refractivity contribution in [2.45, 2.75) is 32.9 Å². The number of anilines is 2. The molecule has 0 radical (unpaired) electrons. The summed E-state index contributed by atoms with van der Waals surface area (Å²) in [6, 6.07) is 15.7. The van der Waals surface area contributed by atoms with Crippen LogP contribution in [0.1, 0.15) is 36.5 Å². The first kappa shape index (κ1) is 26.0. The number of fused-ring (bicyclic) bond motifs is 1. The van der Waals surface area contributed by atoms with Crippen LogP contribution in [-0.4, -0.2) is 14.5 Å². The molecule has 0 bridgehead atoms. The molecular weight excluding hydrogens is 505 g/mol. The van der Waals surface area contributed by atoms with Crippen molar-refractivity contribution in [1.29, 1.82) is 0 Å². The molecule has 5 aromatic rings. The third-order valence-electron chi connectivity index (χ3n) is 6.58. The third kappa shape index (κ3) is 4.71. The predicted octanol–water partition coefficient (Wildman–Crippen LogP) is 7.77. The van der Waals surface area contributed by atoms with Gasteiger partial charge in [-0.25, -0.2) is 0 Å². The molecule has 0 aliphatic rings. The van der Waals surface area contributed by atoms with E-state index in [0.29, 0.717) is 10.9 Å². The second-order valence-electron chi connectivity index (χ2n) is 9.36. The van der Waals surface area contributed by atoms with E-state index in [-0.39, 0.29) is 29.0 Å². The Balaban J connectivity index is 1.73. The molecule has 0 atom stereocenters. The van der Waals surface area contributed by atoms with E-state index in [1.807, 2.05) is 25.1 Å². The topological polar surface area (TPSA) is 64.2 Å². The van der Waals surface area contributed by atoms with Crippen LogP contribution in [0.25, 0.3) is 28.0 Å². The van der Waals surface area contributed by atoms with Crippen molar-refractivity contribution in [2.75, 3.05) is 4.90 Å². The van der Waals surface area contributed by atoms with E-state index in [0.717, 1.165) is 28.9 Å². The second kappa shape index (κ2) is 9.90. The van der Waals surface area contributed by atoms with E-state index in [2.05, 4.69) is 30.4 Å². The van der Waals surface area contributed by atoms with Gasteiger partial charge in [-0.05, 0) is 54.3 Å². The summed E-state index contributed by atoms with van der Waals surface area (Å²) in [7, 11) is 0. The molecule has 2 aromatic carbocycles. The van der Waals surface area contributed by atoms with Gasteiger partial charge >= 0.3 is 12.2 Å². The average molecular weight is 531 g/mol. The molecule has 198 valence electrons. The van der Waals surface area contributed by atoms with Gasteiger partial charge in [0.2, 0.25) is 0 Å². The quantitative estimate of drug-likeness (QED) is 0.224. The normalized spacial score (nSPS) is 11.8. The summed E-state index contributed by atoms with van der Waals surface area (Å²) in [5.41, 5.74) is 2.21. The Morgan fingerprint density at radius 3 is 2.46 bits per heavy atom. The minimum absolute atomic E-state index is 0.104. The number of nitrogens with zero attached hydrogens (tertiary/aromatic N) is 4. The van der Waals surface area contributed by atoms with E-state index < -0.39 is 17.3 Å². The molecule has 3 aromatic heterocycles. The van der Waals surface area contributed by atoms with Crippen molar-refractivity contribution >= 4 is 22.6 Å². The summed E-state index contributed by atoms with van der Waals surface area (Å²) in [5, 5.41) is 0.646. The first-order valence-electron chi connectivity index (χ1n) is 12.3. The lowest BCUT2D eigenvalue weighted by Gasteiger charge is -2.21. The minimum Gasteiger partial charge on any atom is -0.421 e. The lowest BCUT2D eigenvalue weighted by Crippen LogP contribution is -2.19. The van der Waals surface area contributed by atoms with E-state index in [4.69, 9.17) is 4.42 Å². The Morgan fingerprint density at radius 1 is 1.05 bits per heavy atom. The summed E-state index contributed by atoms with van der Waals surface area (Å²) < 4.78 is 47.2. The summed E-state index contributed by atoms with van der Waals surface area (Å²) in [6.07, 6.45) is 0.115. The van der Waals surface area contributed by atoms with Crippen LogP contribution in [0, 0.1) is 6.92 Å². The molecule has 0 aliphatic carbocycles. The number of benzene rings is 2. The highest BCUT2D eigenvalue weighted by atomic mass is 19.4. The molecule has 0 unspecified atom stereocenters. The number of alkyl halides is 3. The highest BCUT2D eigenvalue weighted by Gasteiger charge is 2.31. The Kier molecular flexibility index (Phi) is 6.59. The molecule has 39 heavy (non-hydrogen) atoms. The van der Waals surface area contributed by atoms with Gasteiger partial charge in [-0.3, -0.25) is 19.2 Å². The van der Waals surface area contributed by atoms with Crippen LogP contribution in [0.5, 0.6) is 0 Å². The summed E-state index contributed by atoms with van der Waals surface area (Å²) in [6.45, 7) is 10.1. The molecule has 0 saturated carbocycles. The average Bonchev–Trinajstić information content (AvgIpc) is 3.34. The van der Waals surface area contributed by atoms with E-state index in [9.17, 15) is 18.0 Å². The molecule has 0 amide bonds. The monoisotopic (exact) mass is 530 g/mol. The number of pyridine rings is 2. The number of oxazole rings is 1. The Bertz CT molecular complexity index is 1730. The fraction of sp³-hybridized carbons (Fsp3) is 0.167. The smallest absolute Gasteiger partial charge is 0.416 e. The van der Waals surface area contributed by atoms with Gasteiger partial charge in [0.15, 0.2) is 11.6 Å². The molecule has 6 nitrogen and oxygen atoms in total. The van der Waals surface area contributed by atoms with Crippen LogP contribution in [0.2, 0.25) is 0 Å². The molecule has 0 N–H and O–H groups in total. The lowest BCUT2D eigenvalue weighted by molar-refractivity contribution is -0.137. The fourth-order valence-electron chi connectivity index (χ4n) is 4.61. The van der Waals surface area contributed by atoms with Crippen LogP contribution in [0.4, 0.5) is 24.9 Å². The molecule has 0 aliphatic heterocycles. The molecule has 3 heterocycles. The second-order valence-corrected chi connectivity index (χ2v) is 9.36. The fourth-order valence-corrected chi connectivity index (χ4v) is 4.61. The van der Waals surface area contributed by atoms with Crippen LogP contribution in [0.3, 0.4) is 0 Å². The van der Waals surface area contributed by atoms with Gasteiger partial charge < -0.3 is 4.42 Å². The van der Waals surface area contributed by atoms with Crippen molar-refractivity contribution < 1.29 is 17.6 Å². The van der Waals surface area contributed by atoms with Gasteiger partial charge in [0, 0.05) is 29.5 Å². The van der Waals surface area contributed by atoms with Gasteiger partial charge in [-0.1, -0.05) is 50.8 Å². The largest absolute Gasteiger partial charge is 0.421 e. The maximum Gasteiger partial charge on any atom is 0.416 e. The first-order valence-corrected chi connectivity index (χ1v) is 12.3. The molecule has 0 fully saturated rings. The van der Waals surface area contributed by atoms with E-state index in [1.54, 1.807) is 35.5 Å². The zero-order chi connectivity index (χ0) is 27.9. The molecule has 9 heteroatoms. The van der Waals surface area contributed by atoms with E-state index in [1.165, 1.54) is 22.9 Å². The highest BCUT2D eigenvalue weighted by molar-refractivity contribution is 5.78. The predicted molar refractivity (Wildman–Crippen MR) is 145 cm³/mol. The summed E-state index contributed by atoms with van der Waals surface area (Å²) in [4.78, 5) is 23.9. The SMILES string of the molecule is C=CN(c1nc(-n2ccc3cccnc3c2=O)c(-c2ccc(C(F)(F)F)cc2)o1)c1cccc(C(C)C)c1C. The zero-order valence-electron chi connectivity index (χ0n) is 21.5. The van der Waals surface area contributed by atoms with Gasteiger partial charge in [-0.15, -0.1) is 0 Å². The summed E-state index contributed by atoms with van der Waals surface area (Å²) in [5.74, 6) is 0.510. The number of rotatable bonds is 6. The van der Waals surface area contributed by atoms with Crippen molar-refractivity contribution in [3.05, 3.63) is 113 Å². The van der Waals surface area contributed by atoms with Crippen LogP contribution < -0.4 is 10.5 Å². The van der Waals surface area contributed by atoms with Gasteiger partial charge in [0.05, 0.1) is 11.3 Å². The number of halogens is 3. The van der Waals surface area contributed by atoms with Crippen molar-refractivity contribution in [3.63, 3.8) is 0 Å². The summed E-state index contributed by atoms with van der Waals surface area (Å²) >= 11 is 0. The third-order valence-corrected chi connectivity index (χ3v) is 6.58. The lowest BCUT2D eigenvalue weighted by atomic mass is 9.96. The Morgan fingerprint density at radius 2 is 1.79 bits per heavy atom. The Hall–Kier alpha value is -4.66. The van der Waals surface area contributed by atoms with Crippen LogP contribution in [0.15, 0.2) is 95.0 Å². The van der Waals surface area contributed by atoms with Crippen molar-refractivity contribution in [3.8, 4) is 17.1 Å². The molecule has 0 spiro atoms. The number of hydrogen-bond donors (Lipinski definition) is 0. The molecule has 0 saturated heterocycles. The Labute approximate surface area is 222 Å². The van der Waals surface area contributed by atoms with E-state index >= 15 is 0 Å². The highest BCUT2D eigenvalue weighted by Crippen LogP contribution is 2.38. The standard InChI is InChI=1S/C30H25F3N4O2/c1-5-36(24-10-6-9-23(18(2)3)19(24)4)29-35-27(37-17-15-20-8-7-16-34-25(20)28(37)38)26(39-29)21-11-13-22(14-12-21)30(31,32)33/h5-18H,1H2,2-4H3. The number of aromatic nitrogens is 3. The van der Waals surface area contributed by atoms with Gasteiger partial charge in [0.1, 0.15) is 5.52 Å². The molecular formula is C30H25F3N4O2. The zero-order valence-corrected chi connectivity index (χ0v) is 21.5. The van der Waals surface area contributed by atoms with Gasteiger partial charge in [-0.2, -0.15) is 18.2 Å². The maximum atomic E-state index is 13.4. The van der Waals surface area contributed by atoms with Crippen LogP contribution in [-0.2, 0) is 6.18 Å². The van der Waals surface area contributed by atoms with Gasteiger partial charge in [0.25, 0.3) is 5.56 Å². The van der Waals surface area contributed by atoms with Crippen molar-refractivity contribution in [1.82, 2.24) is 14.5 Å². The minimum atomic E-state index is -4.49. The maximum absolute atomic E-state index is 13.4.